The van der Waals surface area contributed by atoms with Crippen molar-refractivity contribution in [3.8, 4) is 0 Å². The SMILES string of the molecule is Cc1ccoc1CNc1ccc(F)nc1. The Labute approximate surface area is 86.9 Å². The highest BCUT2D eigenvalue weighted by atomic mass is 19.1. The molecule has 0 aliphatic heterocycles. The molecule has 0 saturated heterocycles. The summed E-state index contributed by atoms with van der Waals surface area (Å²) in [4.78, 5) is 3.54. The minimum absolute atomic E-state index is 0.477. The van der Waals surface area contributed by atoms with Crippen LogP contribution in [-0.2, 0) is 6.54 Å². The monoisotopic (exact) mass is 206 g/mol. The van der Waals surface area contributed by atoms with Crippen molar-refractivity contribution in [2.45, 2.75) is 13.5 Å². The molecule has 0 aromatic carbocycles. The van der Waals surface area contributed by atoms with Crippen molar-refractivity contribution in [3.05, 3.63) is 47.9 Å². The molecule has 0 spiro atoms. The Bertz CT molecular complexity index is 436. The van der Waals surface area contributed by atoms with Crippen LogP contribution in [0.25, 0.3) is 0 Å². The van der Waals surface area contributed by atoms with Gasteiger partial charge in [0.2, 0.25) is 5.95 Å². The van der Waals surface area contributed by atoms with Crippen LogP contribution < -0.4 is 5.32 Å². The number of nitrogens with one attached hydrogen (secondary N) is 1. The molecule has 15 heavy (non-hydrogen) atoms. The van der Waals surface area contributed by atoms with E-state index in [-0.39, 0.29) is 0 Å². The van der Waals surface area contributed by atoms with E-state index in [9.17, 15) is 4.39 Å². The topological polar surface area (TPSA) is 38.1 Å². The molecule has 0 aliphatic carbocycles. The van der Waals surface area contributed by atoms with Crippen LogP contribution in [0.5, 0.6) is 0 Å². The van der Waals surface area contributed by atoms with Crippen LogP contribution in [0.4, 0.5) is 10.1 Å². The van der Waals surface area contributed by atoms with Crippen LogP contribution >= 0.6 is 0 Å². The number of furan rings is 1. The maximum atomic E-state index is 12.5. The standard InChI is InChI=1S/C11H11FN2O/c1-8-4-5-15-10(8)7-13-9-2-3-11(12)14-6-9/h2-6,13H,7H2,1H3. The fourth-order valence-electron chi connectivity index (χ4n) is 1.25. The molecule has 0 atom stereocenters. The van der Waals surface area contributed by atoms with E-state index in [0.717, 1.165) is 17.0 Å². The molecule has 0 aliphatic rings. The predicted octanol–water partition coefficient (Wildman–Crippen LogP) is 2.73. The van der Waals surface area contributed by atoms with Gasteiger partial charge in [0, 0.05) is 0 Å². The van der Waals surface area contributed by atoms with Crippen LogP contribution in [0.15, 0.2) is 35.1 Å². The van der Waals surface area contributed by atoms with Crippen molar-refractivity contribution < 1.29 is 8.81 Å². The molecule has 2 aromatic rings. The average Bonchev–Trinajstić information content (AvgIpc) is 2.63. The van der Waals surface area contributed by atoms with Crippen LogP contribution in [0, 0.1) is 12.9 Å². The van der Waals surface area contributed by atoms with E-state index >= 15 is 0 Å². The number of aryl methyl sites for hydroxylation is 1. The quantitative estimate of drug-likeness (QED) is 0.784. The number of hydrogen-bond acceptors (Lipinski definition) is 3. The highest BCUT2D eigenvalue weighted by molar-refractivity contribution is 5.40. The van der Waals surface area contributed by atoms with Crippen molar-refractivity contribution in [1.29, 1.82) is 0 Å². The Morgan fingerprint density at radius 2 is 2.27 bits per heavy atom. The second-order valence-electron chi connectivity index (χ2n) is 3.25. The van der Waals surface area contributed by atoms with Crippen molar-refractivity contribution >= 4 is 5.69 Å². The van der Waals surface area contributed by atoms with E-state index in [1.165, 1.54) is 12.3 Å². The first-order chi connectivity index (χ1) is 7.25. The van der Waals surface area contributed by atoms with Gasteiger partial charge in [0.1, 0.15) is 5.76 Å². The molecule has 0 unspecified atom stereocenters. The first kappa shape index (κ1) is 9.71. The largest absolute Gasteiger partial charge is 0.467 e. The van der Waals surface area contributed by atoms with Crippen LogP contribution in [0.1, 0.15) is 11.3 Å². The minimum atomic E-state index is -0.477. The third-order valence-electron chi connectivity index (χ3n) is 2.15. The molecule has 0 bridgehead atoms. The van der Waals surface area contributed by atoms with Gasteiger partial charge in [0.25, 0.3) is 0 Å². The van der Waals surface area contributed by atoms with Gasteiger partial charge in [-0.2, -0.15) is 4.39 Å². The second-order valence-corrected chi connectivity index (χ2v) is 3.25. The van der Waals surface area contributed by atoms with E-state index in [4.69, 9.17) is 4.42 Å². The number of anilines is 1. The van der Waals surface area contributed by atoms with Gasteiger partial charge in [-0.1, -0.05) is 0 Å². The zero-order chi connectivity index (χ0) is 10.7. The molecule has 0 saturated carbocycles. The fourth-order valence-corrected chi connectivity index (χ4v) is 1.25. The van der Waals surface area contributed by atoms with Gasteiger partial charge in [-0.05, 0) is 30.7 Å². The first-order valence-corrected chi connectivity index (χ1v) is 4.64. The minimum Gasteiger partial charge on any atom is -0.467 e. The molecule has 0 radical (unpaired) electrons. The molecule has 4 heteroatoms. The van der Waals surface area contributed by atoms with Gasteiger partial charge in [0.05, 0.1) is 24.7 Å². The zero-order valence-corrected chi connectivity index (χ0v) is 8.33. The number of nitrogens with zero attached hydrogens (tertiary/aromatic N) is 1. The fraction of sp³-hybridized carbons (Fsp3) is 0.182. The second kappa shape index (κ2) is 4.13. The normalized spacial score (nSPS) is 10.3. The average molecular weight is 206 g/mol. The van der Waals surface area contributed by atoms with Crippen LogP contribution in [-0.4, -0.2) is 4.98 Å². The summed E-state index contributed by atoms with van der Waals surface area (Å²) >= 11 is 0. The number of aromatic nitrogens is 1. The summed E-state index contributed by atoms with van der Waals surface area (Å²) in [5.74, 6) is 0.397. The number of hydrogen-bond donors (Lipinski definition) is 1. The van der Waals surface area contributed by atoms with E-state index in [0.29, 0.717) is 6.54 Å². The van der Waals surface area contributed by atoms with Crippen molar-refractivity contribution in [2.75, 3.05) is 5.32 Å². The lowest BCUT2D eigenvalue weighted by Gasteiger charge is -2.03. The third-order valence-corrected chi connectivity index (χ3v) is 2.15. The summed E-state index contributed by atoms with van der Waals surface area (Å²) in [7, 11) is 0. The Balaban J connectivity index is 1.99. The molecule has 0 amide bonds. The lowest BCUT2D eigenvalue weighted by atomic mass is 10.3. The van der Waals surface area contributed by atoms with Crippen molar-refractivity contribution in [2.24, 2.45) is 0 Å². The highest BCUT2D eigenvalue weighted by Gasteiger charge is 2.01. The molecular formula is C11H11FN2O. The van der Waals surface area contributed by atoms with Gasteiger partial charge in [-0.15, -0.1) is 0 Å². The molecule has 2 heterocycles. The lowest BCUT2D eigenvalue weighted by Crippen LogP contribution is -2.00. The summed E-state index contributed by atoms with van der Waals surface area (Å²) in [6, 6.07) is 4.86. The number of halogens is 1. The maximum absolute atomic E-state index is 12.5. The molecule has 2 aromatic heterocycles. The number of rotatable bonds is 3. The van der Waals surface area contributed by atoms with E-state index < -0.39 is 5.95 Å². The summed E-state index contributed by atoms with van der Waals surface area (Å²) in [5, 5.41) is 3.09. The van der Waals surface area contributed by atoms with Crippen molar-refractivity contribution in [1.82, 2.24) is 4.98 Å². The zero-order valence-electron chi connectivity index (χ0n) is 8.33. The van der Waals surface area contributed by atoms with E-state index in [1.807, 2.05) is 13.0 Å². The van der Waals surface area contributed by atoms with Gasteiger partial charge in [-0.3, -0.25) is 0 Å². The van der Waals surface area contributed by atoms with Gasteiger partial charge >= 0.3 is 0 Å². The molecule has 0 fully saturated rings. The molecule has 3 nitrogen and oxygen atoms in total. The Morgan fingerprint density at radius 3 is 2.87 bits per heavy atom. The van der Waals surface area contributed by atoms with E-state index in [2.05, 4.69) is 10.3 Å². The Morgan fingerprint density at radius 1 is 1.40 bits per heavy atom. The summed E-state index contributed by atoms with van der Waals surface area (Å²) < 4.78 is 17.8. The number of pyridine rings is 1. The van der Waals surface area contributed by atoms with Gasteiger partial charge in [0.15, 0.2) is 0 Å². The van der Waals surface area contributed by atoms with Crippen molar-refractivity contribution in [3.63, 3.8) is 0 Å². The van der Waals surface area contributed by atoms with Crippen LogP contribution in [0.3, 0.4) is 0 Å². The summed E-state index contributed by atoms with van der Waals surface area (Å²) in [6.07, 6.45) is 3.10. The third kappa shape index (κ3) is 2.34. The van der Waals surface area contributed by atoms with Gasteiger partial charge < -0.3 is 9.73 Å². The predicted molar refractivity (Wildman–Crippen MR) is 55.0 cm³/mol. The van der Waals surface area contributed by atoms with E-state index in [1.54, 1.807) is 12.3 Å². The lowest BCUT2D eigenvalue weighted by molar-refractivity contribution is 0.515. The maximum Gasteiger partial charge on any atom is 0.212 e. The van der Waals surface area contributed by atoms with Crippen LogP contribution in [0.2, 0.25) is 0 Å². The summed E-state index contributed by atoms with van der Waals surface area (Å²) in [6.45, 7) is 2.55. The Kier molecular flexibility index (Phi) is 2.67. The highest BCUT2D eigenvalue weighted by Crippen LogP contribution is 2.12. The summed E-state index contributed by atoms with van der Waals surface area (Å²) in [5.41, 5.74) is 1.87. The molecular weight excluding hydrogens is 195 g/mol. The Hall–Kier alpha value is -1.84. The smallest absolute Gasteiger partial charge is 0.212 e. The van der Waals surface area contributed by atoms with Gasteiger partial charge in [-0.25, -0.2) is 4.98 Å². The first-order valence-electron chi connectivity index (χ1n) is 4.64. The molecule has 1 N–H and O–H groups in total. The molecule has 2 rings (SSSR count). The molecule has 78 valence electrons.